The highest BCUT2D eigenvalue weighted by Crippen LogP contribution is 2.21. The number of thiazole rings is 1. The lowest BCUT2D eigenvalue weighted by atomic mass is 10.3. The van der Waals surface area contributed by atoms with E-state index < -0.39 is 0 Å². The fraction of sp³-hybridized carbons (Fsp3) is 0.625. The average molecular weight is 250 g/mol. The van der Waals surface area contributed by atoms with E-state index in [0.29, 0.717) is 0 Å². The number of aromatic nitrogens is 1. The molecule has 0 N–H and O–H groups in total. The lowest BCUT2D eigenvalue weighted by molar-refractivity contribution is 0.304. The topological polar surface area (TPSA) is 22.1 Å². The first kappa shape index (κ1) is 9.99. The predicted octanol–water partition coefficient (Wildman–Crippen LogP) is 3.47. The molecule has 1 aromatic rings. The zero-order valence-corrected chi connectivity index (χ0v) is 9.45. The van der Waals surface area contributed by atoms with E-state index in [2.05, 4.69) is 27.8 Å². The molecular formula is C8H12BrNOS. The summed E-state index contributed by atoms with van der Waals surface area (Å²) >= 11 is 4.80. The first-order valence-electron chi connectivity index (χ1n) is 4.06. The van der Waals surface area contributed by atoms with Gasteiger partial charge < -0.3 is 4.74 Å². The Kier molecular flexibility index (Phi) is 4.61. The van der Waals surface area contributed by atoms with Crippen molar-refractivity contribution in [2.45, 2.75) is 26.2 Å². The smallest absolute Gasteiger partial charge is 0.274 e. The molecule has 68 valence electrons. The number of unbranched alkanes of at least 4 members (excludes halogenated alkanes) is 2. The molecule has 0 unspecified atom stereocenters. The average Bonchev–Trinajstić information content (AvgIpc) is 2.45. The van der Waals surface area contributed by atoms with Crippen LogP contribution in [0.3, 0.4) is 0 Å². The summed E-state index contributed by atoms with van der Waals surface area (Å²) in [4.78, 5) is 4.12. The van der Waals surface area contributed by atoms with Crippen molar-refractivity contribution in [1.82, 2.24) is 4.98 Å². The van der Waals surface area contributed by atoms with E-state index in [9.17, 15) is 0 Å². The number of hydrogen-bond acceptors (Lipinski definition) is 3. The molecule has 12 heavy (non-hydrogen) atoms. The van der Waals surface area contributed by atoms with E-state index in [4.69, 9.17) is 4.74 Å². The number of rotatable bonds is 5. The summed E-state index contributed by atoms with van der Waals surface area (Å²) in [6.07, 6.45) is 3.57. The molecule has 0 fully saturated rings. The maximum absolute atomic E-state index is 5.41. The zero-order valence-electron chi connectivity index (χ0n) is 7.05. The molecule has 1 rings (SSSR count). The van der Waals surface area contributed by atoms with Crippen molar-refractivity contribution in [3.05, 3.63) is 9.98 Å². The van der Waals surface area contributed by atoms with E-state index in [-0.39, 0.29) is 0 Å². The Labute approximate surface area is 85.1 Å². The van der Waals surface area contributed by atoms with Crippen LogP contribution in [0.4, 0.5) is 0 Å². The quantitative estimate of drug-likeness (QED) is 0.746. The Balaban J connectivity index is 2.15. The van der Waals surface area contributed by atoms with Gasteiger partial charge in [-0.25, -0.2) is 0 Å². The van der Waals surface area contributed by atoms with Gasteiger partial charge in [-0.15, -0.1) is 0 Å². The minimum absolute atomic E-state index is 0.762. The van der Waals surface area contributed by atoms with Crippen LogP contribution in [0, 0.1) is 0 Å². The molecule has 0 spiro atoms. The molecule has 0 bridgehead atoms. The van der Waals surface area contributed by atoms with Crippen LogP contribution in [-0.4, -0.2) is 11.6 Å². The van der Waals surface area contributed by atoms with Gasteiger partial charge in [0.1, 0.15) is 4.60 Å². The Morgan fingerprint density at radius 1 is 1.58 bits per heavy atom. The Morgan fingerprint density at radius 2 is 2.42 bits per heavy atom. The first-order chi connectivity index (χ1) is 5.83. The highest BCUT2D eigenvalue weighted by atomic mass is 79.9. The molecule has 0 aromatic carbocycles. The molecule has 1 heterocycles. The first-order valence-corrected chi connectivity index (χ1v) is 5.74. The molecular weight excluding hydrogens is 238 g/mol. The largest absolute Gasteiger partial charge is 0.470 e. The normalized spacial score (nSPS) is 10.2. The van der Waals surface area contributed by atoms with Crippen molar-refractivity contribution < 1.29 is 4.74 Å². The fourth-order valence-corrected chi connectivity index (χ4v) is 1.93. The van der Waals surface area contributed by atoms with E-state index in [0.717, 1.165) is 22.8 Å². The van der Waals surface area contributed by atoms with Crippen molar-refractivity contribution in [3.63, 3.8) is 0 Å². The number of nitrogens with zero attached hydrogens (tertiary/aromatic N) is 1. The van der Waals surface area contributed by atoms with E-state index in [1.165, 1.54) is 24.2 Å². The van der Waals surface area contributed by atoms with Gasteiger partial charge in [-0.05, 0) is 22.4 Å². The lowest BCUT2D eigenvalue weighted by Gasteiger charge is -1.99. The summed E-state index contributed by atoms with van der Waals surface area (Å²) in [6, 6.07) is 0. The van der Waals surface area contributed by atoms with Crippen molar-refractivity contribution in [1.29, 1.82) is 0 Å². The van der Waals surface area contributed by atoms with Crippen LogP contribution in [0.5, 0.6) is 5.19 Å². The third-order valence-corrected chi connectivity index (χ3v) is 2.89. The molecule has 0 saturated carbocycles. The van der Waals surface area contributed by atoms with Crippen molar-refractivity contribution >= 4 is 27.3 Å². The number of halogens is 1. The SMILES string of the molecule is CCCCCOc1nc(Br)cs1. The molecule has 2 nitrogen and oxygen atoms in total. The lowest BCUT2D eigenvalue weighted by Crippen LogP contribution is -1.95. The summed E-state index contributed by atoms with van der Waals surface area (Å²) in [5.74, 6) is 0. The number of ether oxygens (including phenoxy) is 1. The third kappa shape index (κ3) is 3.54. The Morgan fingerprint density at radius 3 is 3.00 bits per heavy atom. The second kappa shape index (κ2) is 5.54. The molecule has 0 aliphatic rings. The minimum Gasteiger partial charge on any atom is -0.470 e. The van der Waals surface area contributed by atoms with Crippen LogP contribution >= 0.6 is 27.3 Å². The van der Waals surface area contributed by atoms with Crippen LogP contribution in [-0.2, 0) is 0 Å². The van der Waals surface area contributed by atoms with Gasteiger partial charge in [0, 0.05) is 5.38 Å². The van der Waals surface area contributed by atoms with E-state index in [1.54, 1.807) is 0 Å². The maximum Gasteiger partial charge on any atom is 0.274 e. The number of hydrogen-bond donors (Lipinski definition) is 0. The molecule has 4 heteroatoms. The van der Waals surface area contributed by atoms with Crippen molar-refractivity contribution in [2.24, 2.45) is 0 Å². The van der Waals surface area contributed by atoms with Gasteiger partial charge >= 0.3 is 0 Å². The van der Waals surface area contributed by atoms with Crippen molar-refractivity contribution in [3.8, 4) is 5.19 Å². The summed E-state index contributed by atoms with van der Waals surface area (Å²) in [5, 5.41) is 2.69. The molecule has 0 aliphatic carbocycles. The van der Waals surface area contributed by atoms with Gasteiger partial charge in [0.25, 0.3) is 5.19 Å². The molecule has 0 amide bonds. The summed E-state index contributed by atoms with van der Waals surface area (Å²) in [5.41, 5.74) is 0. The monoisotopic (exact) mass is 249 g/mol. The zero-order chi connectivity index (χ0) is 8.81. The Hall–Kier alpha value is -0.0900. The van der Waals surface area contributed by atoms with Crippen LogP contribution in [0.25, 0.3) is 0 Å². The van der Waals surface area contributed by atoms with E-state index >= 15 is 0 Å². The molecule has 0 atom stereocenters. The fourth-order valence-electron chi connectivity index (χ4n) is 0.817. The van der Waals surface area contributed by atoms with Gasteiger partial charge in [-0.1, -0.05) is 31.1 Å². The van der Waals surface area contributed by atoms with Crippen LogP contribution in [0.2, 0.25) is 0 Å². The molecule has 0 aliphatic heterocycles. The predicted molar refractivity (Wildman–Crippen MR) is 54.8 cm³/mol. The van der Waals surface area contributed by atoms with Gasteiger partial charge in [-0.3, -0.25) is 0 Å². The van der Waals surface area contributed by atoms with Crippen LogP contribution < -0.4 is 4.74 Å². The molecule has 0 radical (unpaired) electrons. The van der Waals surface area contributed by atoms with Gasteiger partial charge in [-0.2, -0.15) is 4.98 Å². The summed E-state index contributed by atoms with van der Waals surface area (Å²) < 4.78 is 6.27. The van der Waals surface area contributed by atoms with Gasteiger partial charge in [0.05, 0.1) is 6.61 Å². The minimum atomic E-state index is 0.762. The second-order valence-corrected chi connectivity index (χ2v) is 4.12. The summed E-state index contributed by atoms with van der Waals surface area (Å²) in [7, 11) is 0. The van der Waals surface area contributed by atoms with E-state index in [1.807, 2.05) is 5.38 Å². The third-order valence-electron chi connectivity index (χ3n) is 1.43. The van der Waals surface area contributed by atoms with Gasteiger partial charge in [0.15, 0.2) is 0 Å². The van der Waals surface area contributed by atoms with Gasteiger partial charge in [0.2, 0.25) is 0 Å². The highest BCUT2D eigenvalue weighted by Gasteiger charge is 1.98. The molecule has 1 aromatic heterocycles. The van der Waals surface area contributed by atoms with Crippen LogP contribution in [0.1, 0.15) is 26.2 Å². The second-order valence-electron chi connectivity index (χ2n) is 2.49. The Bertz CT molecular complexity index is 227. The summed E-state index contributed by atoms with van der Waals surface area (Å²) in [6.45, 7) is 2.97. The van der Waals surface area contributed by atoms with Crippen LogP contribution in [0.15, 0.2) is 9.98 Å². The van der Waals surface area contributed by atoms with Crippen molar-refractivity contribution in [2.75, 3.05) is 6.61 Å². The highest BCUT2D eigenvalue weighted by molar-refractivity contribution is 9.10. The standard InChI is InChI=1S/C8H12BrNOS/c1-2-3-4-5-11-8-10-7(9)6-12-8/h6H,2-5H2,1H3. The maximum atomic E-state index is 5.41. The molecule has 0 saturated heterocycles.